The first-order chi connectivity index (χ1) is 10.9. The van der Waals surface area contributed by atoms with Crippen molar-refractivity contribution in [1.82, 2.24) is 4.31 Å². The Hall–Kier alpha value is -1.97. The van der Waals surface area contributed by atoms with Gasteiger partial charge in [-0.2, -0.15) is 4.31 Å². The highest BCUT2D eigenvalue weighted by atomic mass is 32.2. The molecule has 0 radical (unpaired) electrons. The number of ether oxygens (including phenoxy) is 3. The third-order valence-corrected chi connectivity index (χ3v) is 5.33. The van der Waals surface area contributed by atoms with Crippen molar-refractivity contribution in [2.24, 2.45) is 0 Å². The Labute approximate surface area is 134 Å². The van der Waals surface area contributed by atoms with Gasteiger partial charge in [0.25, 0.3) is 0 Å². The van der Waals surface area contributed by atoms with E-state index < -0.39 is 22.0 Å². The lowest BCUT2D eigenvalue weighted by Crippen LogP contribution is -2.41. The van der Waals surface area contributed by atoms with Crippen LogP contribution < -0.4 is 0 Å². The van der Waals surface area contributed by atoms with Crippen LogP contribution in [0.15, 0.2) is 23.1 Å². The molecular weight excluding hydrogens is 326 g/mol. The molecule has 1 heterocycles. The first-order valence-corrected chi connectivity index (χ1v) is 8.24. The van der Waals surface area contributed by atoms with Gasteiger partial charge in [-0.15, -0.1) is 0 Å². The summed E-state index contributed by atoms with van der Waals surface area (Å²) >= 11 is 0. The Morgan fingerprint density at radius 3 is 2.26 bits per heavy atom. The molecule has 0 aromatic heterocycles. The number of sulfonamides is 1. The second-order valence-electron chi connectivity index (χ2n) is 4.71. The largest absolute Gasteiger partial charge is 0.465 e. The summed E-state index contributed by atoms with van der Waals surface area (Å²) in [6.07, 6.45) is 0. The van der Waals surface area contributed by atoms with E-state index in [-0.39, 0.29) is 42.3 Å². The quantitative estimate of drug-likeness (QED) is 0.724. The SMILES string of the molecule is COC(=O)c1ccc(C(=O)OC)c(S(=O)(=O)N2CCOCC2)c1. The molecule has 0 unspecified atom stereocenters. The Morgan fingerprint density at radius 2 is 1.70 bits per heavy atom. The maximum Gasteiger partial charge on any atom is 0.339 e. The lowest BCUT2D eigenvalue weighted by molar-refractivity contribution is 0.0582. The second-order valence-corrected chi connectivity index (χ2v) is 6.62. The van der Waals surface area contributed by atoms with Crippen molar-refractivity contribution in [3.05, 3.63) is 29.3 Å². The zero-order valence-corrected chi connectivity index (χ0v) is 13.6. The minimum atomic E-state index is -3.97. The predicted molar refractivity (Wildman–Crippen MR) is 78.7 cm³/mol. The van der Waals surface area contributed by atoms with E-state index in [4.69, 9.17) is 4.74 Å². The van der Waals surface area contributed by atoms with Crippen LogP contribution in [0.4, 0.5) is 0 Å². The van der Waals surface area contributed by atoms with Crippen LogP contribution in [0.1, 0.15) is 20.7 Å². The van der Waals surface area contributed by atoms with Crippen LogP contribution in [-0.4, -0.2) is 65.2 Å². The van der Waals surface area contributed by atoms with Gasteiger partial charge in [-0.05, 0) is 18.2 Å². The minimum absolute atomic E-state index is 0.0342. The number of rotatable bonds is 4. The van der Waals surface area contributed by atoms with E-state index in [0.29, 0.717) is 0 Å². The Kier molecular flexibility index (Phi) is 5.34. The highest BCUT2D eigenvalue weighted by Gasteiger charge is 2.31. The number of carbonyl (C=O) groups is 2. The number of esters is 2. The topological polar surface area (TPSA) is 99.2 Å². The molecule has 0 N–H and O–H groups in total. The van der Waals surface area contributed by atoms with Crippen LogP contribution in [-0.2, 0) is 24.2 Å². The summed E-state index contributed by atoms with van der Waals surface area (Å²) in [5.74, 6) is -1.49. The summed E-state index contributed by atoms with van der Waals surface area (Å²) in [7, 11) is -1.63. The maximum atomic E-state index is 12.8. The summed E-state index contributed by atoms with van der Waals surface area (Å²) in [5.41, 5.74) is -0.0985. The number of nitrogens with zero attached hydrogens (tertiary/aromatic N) is 1. The van der Waals surface area contributed by atoms with E-state index >= 15 is 0 Å². The van der Waals surface area contributed by atoms with Gasteiger partial charge in [-0.25, -0.2) is 18.0 Å². The molecule has 23 heavy (non-hydrogen) atoms. The molecule has 0 saturated carbocycles. The van der Waals surface area contributed by atoms with Crippen LogP contribution in [0.25, 0.3) is 0 Å². The molecule has 126 valence electrons. The summed E-state index contributed by atoms with van der Waals surface area (Å²) in [6.45, 7) is 0.879. The number of hydrogen-bond donors (Lipinski definition) is 0. The average Bonchev–Trinajstić information content (AvgIpc) is 2.60. The van der Waals surface area contributed by atoms with Gasteiger partial charge in [-0.3, -0.25) is 0 Å². The van der Waals surface area contributed by atoms with Crippen molar-refractivity contribution in [2.75, 3.05) is 40.5 Å². The van der Waals surface area contributed by atoms with E-state index in [0.717, 1.165) is 13.2 Å². The summed E-state index contributed by atoms with van der Waals surface area (Å²) in [5, 5.41) is 0. The molecule has 2 rings (SSSR count). The minimum Gasteiger partial charge on any atom is -0.465 e. The molecule has 0 aliphatic carbocycles. The van der Waals surface area contributed by atoms with Gasteiger partial charge < -0.3 is 14.2 Å². The van der Waals surface area contributed by atoms with E-state index in [2.05, 4.69) is 9.47 Å². The normalized spacial score (nSPS) is 15.9. The van der Waals surface area contributed by atoms with Gasteiger partial charge in [0.1, 0.15) is 0 Å². The van der Waals surface area contributed by atoms with Gasteiger partial charge in [0.15, 0.2) is 0 Å². The number of carbonyl (C=O) groups excluding carboxylic acids is 2. The van der Waals surface area contributed by atoms with Crippen molar-refractivity contribution in [2.45, 2.75) is 4.90 Å². The summed E-state index contributed by atoms with van der Waals surface area (Å²) in [6, 6.07) is 3.69. The fraction of sp³-hybridized carbons (Fsp3) is 0.429. The monoisotopic (exact) mass is 343 g/mol. The highest BCUT2D eigenvalue weighted by Crippen LogP contribution is 2.24. The summed E-state index contributed by atoms with van der Waals surface area (Å²) in [4.78, 5) is 23.2. The lowest BCUT2D eigenvalue weighted by atomic mass is 10.1. The highest BCUT2D eigenvalue weighted by molar-refractivity contribution is 7.89. The Bertz CT molecular complexity index is 708. The smallest absolute Gasteiger partial charge is 0.339 e. The van der Waals surface area contributed by atoms with Crippen molar-refractivity contribution < 1.29 is 32.2 Å². The number of benzene rings is 1. The van der Waals surface area contributed by atoms with Crippen LogP contribution in [0.3, 0.4) is 0 Å². The zero-order chi connectivity index (χ0) is 17.0. The molecule has 0 spiro atoms. The average molecular weight is 343 g/mol. The molecule has 1 aliphatic heterocycles. The molecule has 8 nitrogen and oxygen atoms in total. The third kappa shape index (κ3) is 3.52. The van der Waals surface area contributed by atoms with Crippen LogP contribution in [0.5, 0.6) is 0 Å². The van der Waals surface area contributed by atoms with Gasteiger partial charge in [0, 0.05) is 13.1 Å². The van der Waals surface area contributed by atoms with Gasteiger partial charge in [-0.1, -0.05) is 0 Å². The molecule has 1 aromatic rings. The molecule has 0 amide bonds. The third-order valence-electron chi connectivity index (χ3n) is 3.40. The van der Waals surface area contributed by atoms with E-state index in [1.807, 2.05) is 0 Å². The predicted octanol–water partition coefficient (Wildman–Crippen LogP) is 0.281. The first kappa shape index (κ1) is 17.4. The van der Waals surface area contributed by atoms with Crippen molar-refractivity contribution in [3.63, 3.8) is 0 Å². The standard InChI is InChI=1S/C14H17NO7S/c1-20-13(16)10-3-4-11(14(17)21-2)12(9-10)23(18,19)15-5-7-22-8-6-15/h3-4,9H,5-8H2,1-2H3. The fourth-order valence-electron chi connectivity index (χ4n) is 2.19. The van der Waals surface area contributed by atoms with Gasteiger partial charge >= 0.3 is 11.9 Å². The molecule has 0 bridgehead atoms. The molecule has 9 heteroatoms. The van der Waals surface area contributed by atoms with Crippen LogP contribution in [0, 0.1) is 0 Å². The fourth-order valence-corrected chi connectivity index (χ4v) is 3.80. The van der Waals surface area contributed by atoms with Crippen molar-refractivity contribution in [1.29, 1.82) is 0 Å². The number of hydrogen-bond acceptors (Lipinski definition) is 7. The van der Waals surface area contributed by atoms with E-state index in [1.165, 1.54) is 23.5 Å². The number of methoxy groups -OCH3 is 2. The molecule has 1 fully saturated rings. The second kappa shape index (κ2) is 7.07. The van der Waals surface area contributed by atoms with E-state index in [9.17, 15) is 18.0 Å². The first-order valence-electron chi connectivity index (χ1n) is 6.80. The van der Waals surface area contributed by atoms with Gasteiger partial charge in [0.05, 0.1) is 43.5 Å². The van der Waals surface area contributed by atoms with Crippen LogP contribution >= 0.6 is 0 Å². The van der Waals surface area contributed by atoms with E-state index in [1.54, 1.807) is 0 Å². The van der Waals surface area contributed by atoms with Crippen molar-refractivity contribution >= 4 is 22.0 Å². The molecule has 0 atom stereocenters. The van der Waals surface area contributed by atoms with Crippen molar-refractivity contribution in [3.8, 4) is 0 Å². The maximum absolute atomic E-state index is 12.8. The van der Waals surface area contributed by atoms with Crippen LogP contribution in [0.2, 0.25) is 0 Å². The van der Waals surface area contributed by atoms with Gasteiger partial charge in [0.2, 0.25) is 10.0 Å². The molecular formula is C14H17NO7S. The summed E-state index contributed by atoms with van der Waals surface area (Å²) < 4.78 is 41.2. The Balaban J connectivity index is 2.55. The molecule has 1 aliphatic rings. The Morgan fingerprint density at radius 1 is 1.09 bits per heavy atom. The zero-order valence-electron chi connectivity index (χ0n) is 12.8. The molecule has 1 saturated heterocycles. The molecule has 1 aromatic carbocycles. The lowest BCUT2D eigenvalue weighted by Gasteiger charge is -2.26. The number of morpholine rings is 1.